The number of carbonyl (C=O) groups is 2. The second-order valence-corrected chi connectivity index (χ2v) is 11.0. The van der Waals surface area contributed by atoms with Gasteiger partial charge in [0, 0.05) is 47.1 Å². The van der Waals surface area contributed by atoms with Crippen LogP contribution in [0.4, 0.5) is 0 Å². The Hall–Kier alpha value is -3.88. The van der Waals surface area contributed by atoms with Crippen LogP contribution >= 0.6 is 11.8 Å². The third-order valence-corrected chi connectivity index (χ3v) is 8.06. The molecule has 0 spiro atoms. The second kappa shape index (κ2) is 13.0. The van der Waals surface area contributed by atoms with Gasteiger partial charge in [-0.2, -0.15) is 0 Å². The second-order valence-electron chi connectivity index (χ2n) is 9.97. The number of aliphatic hydroxyl groups is 1. The van der Waals surface area contributed by atoms with Crippen molar-refractivity contribution in [3.05, 3.63) is 113 Å². The zero-order valence-electron chi connectivity index (χ0n) is 22.5. The third kappa shape index (κ3) is 6.63. The van der Waals surface area contributed by atoms with E-state index in [1.165, 1.54) is 0 Å². The van der Waals surface area contributed by atoms with Gasteiger partial charge in [-0.1, -0.05) is 42.5 Å². The number of aromatic nitrogens is 2. The molecule has 1 aliphatic rings. The summed E-state index contributed by atoms with van der Waals surface area (Å²) >= 11 is 1.55. The van der Waals surface area contributed by atoms with Gasteiger partial charge in [-0.15, -0.1) is 11.8 Å². The van der Waals surface area contributed by atoms with Gasteiger partial charge in [0.05, 0.1) is 24.5 Å². The van der Waals surface area contributed by atoms with Crippen molar-refractivity contribution >= 4 is 23.5 Å². The maximum Gasteiger partial charge on any atom is 0.252 e. The van der Waals surface area contributed by atoms with E-state index in [4.69, 9.17) is 4.74 Å². The number of aliphatic hydroxyl groups excluding tert-OH is 1. The van der Waals surface area contributed by atoms with Crippen molar-refractivity contribution in [1.82, 2.24) is 14.9 Å². The number of ether oxygens (including phenoxy) is 1. The number of thioether (sulfide) groups is 1. The topological polar surface area (TPSA) is 93.4 Å². The monoisotopic (exact) mass is 555 g/mol. The highest BCUT2D eigenvalue weighted by atomic mass is 32.2. The lowest BCUT2D eigenvalue weighted by molar-refractivity contribution is 0.0920. The van der Waals surface area contributed by atoms with Gasteiger partial charge in [0.1, 0.15) is 11.9 Å². The van der Waals surface area contributed by atoms with E-state index >= 15 is 0 Å². The van der Waals surface area contributed by atoms with E-state index in [0.29, 0.717) is 24.3 Å². The molecule has 40 heavy (non-hydrogen) atoms. The Morgan fingerprint density at radius 1 is 1.10 bits per heavy atom. The zero-order chi connectivity index (χ0) is 27.9. The largest absolute Gasteiger partial charge is 0.484 e. The minimum atomic E-state index is -0.628. The Morgan fingerprint density at radius 3 is 2.67 bits per heavy atom. The van der Waals surface area contributed by atoms with Crippen LogP contribution < -0.4 is 10.1 Å². The number of hydrogen-bond acceptors (Lipinski definition) is 6. The quantitative estimate of drug-likeness (QED) is 0.233. The number of Topliss-reactive ketones (excluding diaryl/α,β-unsaturated/α-hetero) is 1. The summed E-state index contributed by atoms with van der Waals surface area (Å²) in [5, 5.41) is 12.4. The molecule has 1 amide bonds. The number of benzene rings is 3. The van der Waals surface area contributed by atoms with Gasteiger partial charge in [0.15, 0.2) is 5.78 Å². The molecule has 3 aromatic carbocycles. The number of nitrogens with zero attached hydrogens (tertiary/aromatic N) is 2. The first-order chi connectivity index (χ1) is 19.5. The van der Waals surface area contributed by atoms with Gasteiger partial charge in [-0.05, 0) is 55.2 Å². The molecule has 0 fully saturated rings. The van der Waals surface area contributed by atoms with Crippen molar-refractivity contribution in [3.63, 3.8) is 0 Å². The van der Waals surface area contributed by atoms with Gasteiger partial charge < -0.3 is 19.7 Å². The number of nitrogens with one attached hydrogen (secondary N) is 1. The molecule has 2 unspecified atom stereocenters. The highest BCUT2D eigenvalue weighted by Crippen LogP contribution is 2.38. The average Bonchev–Trinajstić information content (AvgIpc) is 3.49. The lowest BCUT2D eigenvalue weighted by Gasteiger charge is -2.26. The van der Waals surface area contributed by atoms with E-state index in [0.717, 1.165) is 45.7 Å². The van der Waals surface area contributed by atoms with E-state index in [1.54, 1.807) is 37.3 Å². The van der Waals surface area contributed by atoms with E-state index in [-0.39, 0.29) is 24.3 Å². The number of carbonyl (C=O) groups excluding carboxylic acids is 2. The lowest BCUT2D eigenvalue weighted by atomic mass is 9.87. The van der Waals surface area contributed by atoms with Gasteiger partial charge in [0.25, 0.3) is 5.91 Å². The molecule has 2 N–H and O–H groups in total. The highest BCUT2D eigenvalue weighted by Gasteiger charge is 2.25. The number of rotatable bonds is 11. The van der Waals surface area contributed by atoms with Crippen LogP contribution in [0.15, 0.2) is 90.3 Å². The summed E-state index contributed by atoms with van der Waals surface area (Å²) in [6, 6.07) is 21.4. The molecule has 206 valence electrons. The Bertz CT molecular complexity index is 1450. The highest BCUT2D eigenvalue weighted by molar-refractivity contribution is 7.98. The molecule has 1 aliphatic carbocycles. The van der Waals surface area contributed by atoms with Crippen LogP contribution in [0.5, 0.6) is 5.75 Å². The molecule has 1 heterocycles. The van der Waals surface area contributed by atoms with Crippen LogP contribution in [0.3, 0.4) is 0 Å². The standard InChI is InChI=1S/C32H33N3O4S/c1-22(36)18-34-32(38)26-10-5-6-13-31(26)40-20-27-24-11-7-12-28(37)25(24)14-15-29(27)39-30(19-35-17-16-33-21-35)23-8-3-2-4-9-23/h2-6,8-10,13-17,21-22,30,36H,7,11-12,18-20H2,1H3,(H,34,38). The molecular formula is C32H33N3O4S. The first-order valence-corrected chi connectivity index (χ1v) is 14.5. The first kappa shape index (κ1) is 27.7. The summed E-state index contributed by atoms with van der Waals surface area (Å²) in [6.45, 7) is 2.40. The van der Waals surface area contributed by atoms with Crippen LogP contribution in [0, 0.1) is 0 Å². The third-order valence-electron chi connectivity index (χ3n) is 6.96. The van der Waals surface area contributed by atoms with Crippen molar-refractivity contribution in [2.45, 2.75) is 55.6 Å². The van der Waals surface area contributed by atoms with Crippen LogP contribution in [0.1, 0.15) is 63.3 Å². The summed E-state index contributed by atoms with van der Waals surface area (Å²) < 4.78 is 8.75. The van der Waals surface area contributed by atoms with Gasteiger partial charge in [0.2, 0.25) is 0 Å². The molecule has 0 saturated heterocycles. The van der Waals surface area contributed by atoms with Crippen molar-refractivity contribution < 1.29 is 19.4 Å². The van der Waals surface area contributed by atoms with Crippen LogP contribution in [0.2, 0.25) is 0 Å². The fraction of sp³-hybridized carbons (Fsp3) is 0.281. The first-order valence-electron chi connectivity index (χ1n) is 13.5. The SMILES string of the molecule is CC(O)CNC(=O)c1ccccc1SCc1c(OC(Cn2ccnc2)c2ccccc2)ccc2c1CCCC2=O. The Labute approximate surface area is 238 Å². The lowest BCUT2D eigenvalue weighted by Crippen LogP contribution is -2.30. The summed E-state index contributed by atoms with van der Waals surface area (Å²) in [4.78, 5) is 30.7. The van der Waals surface area contributed by atoms with E-state index in [9.17, 15) is 14.7 Å². The molecule has 0 saturated carbocycles. The van der Waals surface area contributed by atoms with Gasteiger partial charge in [-0.25, -0.2) is 4.98 Å². The Balaban J connectivity index is 1.47. The molecule has 8 heteroatoms. The molecular weight excluding hydrogens is 522 g/mol. The normalized spacial score (nSPS) is 14.3. The fourth-order valence-electron chi connectivity index (χ4n) is 4.93. The van der Waals surface area contributed by atoms with E-state index < -0.39 is 6.10 Å². The molecule has 7 nitrogen and oxygen atoms in total. The summed E-state index contributed by atoms with van der Waals surface area (Å²) in [5.74, 6) is 1.22. The van der Waals surface area contributed by atoms with Crippen molar-refractivity contribution in [3.8, 4) is 5.75 Å². The Kier molecular flexibility index (Phi) is 8.98. The van der Waals surface area contributed by atoms with Gasteiger partial charge >= 0.3 is 0 Å². The minimum Gasteiger partial charge on any atom is -0.484 e. The number of hydrogen-bond donors (Lipinski definition) is 2. The van der Waals surface area contributed by atoms with Crippen molar-refractivity contribution in [2.75, 3.05) is 6.54 Å². The zero-order valence-corrected chi connectivity index (χ0v) is 23.3. The molecule has 0 bridgehead atoms. The number of ketones is 1. The van der Waals surface area contributed by atoms with Crippen molar-refractivity contribution in [1.29, 1.82) is 0 Å². The number of amides is 1. The molecule has 4 aromatic rings. The van der Waals surface area contributed by atoms with E-state index in [1.807, 2.05) is 59.3 Å². The smallest absolute Gasteiger partial charge is 0.252 e. The van der Waals surface area contributed by atoms with Crippen molar-refractivity contribution in [2.24, 2.45) is 0 Å². The van der Waals surface area contributed by atoms with Crippen LogP contribution in [-0.2, 0) is 18.7 Å². The number of fused-ring (bicyclic) bond motifs is 1. The predicted octanol–water partition coefficient (Wildman–Crippen LogP) is 5.63. The minimum absolute atomic E-state index is 0.162. The number of imidazole rings is 1. The molecule has 0 aliphatic heterocycles. The summed E-state index contributed by atoms with van der Waals surface area (Å²) in [6.07, 6.45) is 6.72. The molecule has 5 rings (SSSR count). The molecule has 0 radical (unpaired) electrons. The fourth-order valence-corrected chi connectivity index (χ4v) is 6.04. The van der Waals surface area contributed by atoms with Crippen LogP contribution in [-0.4, -0.2) is 39.0 Å². The van der Waals surface area contributed by atoms with E-state index in [2.05, 4.69) is 22.4 Å². The molecule has 1 aromatic heterocycles. The average molecular weight is 556 g/mol. The molecule has 2 atom stereocenters. The maximum atomic E-state index is 12.9. The van der Waals surface area contributed by atoms with Crippen LogP contribution in [0.25, 0.3) is 0 Å². The maximum absolute atomic E-state index is 12.9. The Morgan fingerprint density at radius 2 is 1.90 bits per heavy atom. The summed E-state index contributed by atoms with van der Waals surface area (Å²) in [5.41, 5.74) is 4.39. The predicted molar refractivity (Wildman–Crippen MR) is 156 cm³/mol. The summed E-state index contributed by atoms with van der Waals surface area (Å²) in [7, 11) is 0. The van der Waals surface area contributed by atoms with Gasteiger partial charge in [-0.3, -0.25) is 9.59 Å².